The third kappa shape index (κ3) is 3.45. The van der Waals surface area contributed by atoms with Gasteiger partial charge in [0.1, 0.15) is 17.2 Å². The van der Waals surface area contributed by atoms with Crippen LogP contribution in [0.4, 0.5) is 5.82 Å². The van der Waals surface area contributed by atoms with Crippen LogP contribution in [0.3, 0.4) is 0 Å². The van der Waals surface area contributed by atoms with Crippen molar-refractivity contribution in [2.45, 2.75) is 26.3 Å². The molecular formula is C16H17N5OS. The van der Waals surface area contributed by atoms with Crippen LogP contribution in [0.25, 0.3) is 10.6 Å². The molecular weight excluding hydrogens is 310 g/mol. The van der Waals surface area contributed by atoms with E-state index < -0.39 is 0 Å². The van der Waals surface area contributed by atoms with Gasteiger partial charge in [-0.25, -0.2) is 14.6 Å². The maximum Gasteiger partial charge on any atom is 0.296 e. The van der Waals surface area contributed by atoms with Crippen molar-refractivity contribution < 1.29 is 4.79 Å². The van der Waals surface area contributed by atoms with E-state index in [0.717, 1.165) is 10.6 Å². The highest BCUT2D eigenvalue weighted by molar-refractivity contribution is 7.13. The third-order valence-electron chi connectivity index (χ3n) is 3.15. The summed E-state index contributed by atoms with van der Waals surface area (Å²) in [5, 5.41) is 9.61. The highest BCUT2D eigenvalue weighted by Crippen LogP contribution is 2.25. The van der Waals surface area contributed by atoms with Crippen molar-refractivity contribution in [3.05, 3.63) is 47.9 Å². The molecule has 1 aromatic carbocycles. The zero-order chi connectivity index (χ0) is 16.4. The Kier molecular flexibility index (Phi) is 3.96. The van der Waals surface area contributed by atoms with Gasteiger partial charge >= 0.3 is 0 Å². The Morgan fingerprint density at radius 2 is 1.96 bits per heavy atom. The summed E-state index contributed by atoms with van der Waals surface area (Å²) in [7, 11) is 0. The van der Waals surface area contributed by atoms with E-state index in [1.807, 2.05) is 51.1 Å². The van der Waals surface area contributed by atoms with Crippen LogP contribution in [0.2, 0.25) is 0 Å². The van der Waals surface area contributed by atoms with Crippen molar-refractivity contribution in [1.29, 1.82) is 0 Å². The van der Waals surface area contributed by atoms with Crippen LogP contribution in [0, 0.1) is 0 Å². The first-order chi connectivity index (χ1) is 10.9. The van der Waals surface area contributed by atoms with E-state index in [2.05, 4.69) is 20.4 Å². The maximum atomic E-state index is 12.2. The van der Waals surface area contributed by atoms with Crippen molar-refractivity contribution >= 4 is 23.1 Å². The number of benzene rings is 1. The first kappa shape index (κ1) is 15.4. The second kappa shape index (κ2) is 5.92. The molecule has 0 aliphatic carbocycles. The molecule has 7 heteroatoms. The average molecular weight is 327 g/mol. The lowest BCUT2D eigenvalue weighted by Gasteiger charge is -2.17. The van der Waals surface area contributed by atoms with Crippen LogP contribution in [0.5, 0.6) is 0 Å². The van der Waals surface area contributed by atoms with Gasteiger partial charge < -0.3 is 5.32 Å². The molecule has 118 valence electrons. The molecule has 6 nitrogen and oxygen atoms in total. The molecule has 0 aliphatic rings. The molecule has 0 radical (unpaired) electrons. The molecule has 1 N–H and O–H groups in total. The molecule has 0 unspecified atom stereocenters. The standard InChI is InChI=1S/C16H17N5OS/c1-16(2,3)21-10-17-13(20-21)14(22)18-12-9-23-15(19-12)11-7-5-4-6-8-11/h4-10H,1-3H3,(H,18,22). The molecule has 2 heterocycles. The molecule has 0 saturated carbocycles. The van der Waals surface area contributed by atoms with Crippen molar-refractivity contribution in [3.63, 3.8) is 0 Å². The minimum atomic E-state index is -0.363. The molecule has 23 heavy (non-hydrogen) atoms. The Labute approximate surface area is 138 Å². The second-order valence-electron chi connectivity index (χ2n) is 6.04. The number of carbonyl (C=O) groups excluding carboxylic acids is 1. The largest absolute Gasteiger partial charge is 0.303 e. The number of aromatic nitrogens is 4. The SMILES string of the molecule is CC(C)(C)n1cnc(C(=O)Nc2csc(-c3ccccc3)n2)n1. The Morgan fingerprint density at radius 3 is 2.61 bits per heavy atom. The highest BCUT2D eigenvalue weighted by Gasteiger charge is 2.19. The molecule has 0 atom stereocenters. The lowest BCUT2D eigenvalue weighted by molar-refractivity contribution is 0.101. The van der Waals surface area contributed by atoms with E-state index in [1.165, 1.54) is 11.3 Å². The minimum Gasteiger partial charge on any atom is -0.303 e. The number of hydrogen-bond acceptors (Lipinski definition) is 5. The number of anilines is 1. The molecule has 0 aliphatic heterocycles. The summed E-state index contributed by atoms with van der Waals surface area (Å²) < 4.78 is 1.67. The van der Waals surface area contributed by atoms with Gasteiger partial charge in [-0.3, -0.25) is 4.79 Å². The topological polar surface area (TPSA) is 72.7 Å². The Bertz CT molecular complexity index is 816. The van der Waals surface area contributed by atoms with Crippen LogP contribution >= 0.6 is 11.3 Å². The van der Waals surface area contributed by atoms with Crippen LogP contribution in [-0.4, -0.2) is 25.7 Å². The predicted molar refractivity (Wildman–Crippen MR) is 90.5 cm³/mol. The second-order valence-corrected chi connectivity index (χ2v) is 6.90. The van der Waals surface area contributed by atoms with E-state index in [4.69, 9.17) is 0 Å². The molecule has 0 saturated heterocycles. The van der Waals surface area contributed by atoms with E-state index in [0.29, 0.717) is 5.82 Å². The Hall–Kier alpha value is -2.54. The zero-order valence-corrected chi connectivity index (χ0v) is 14.0. The van der Waals surface area contributed by atoms with E-state index in [-0.39, 0.29) is 17.3 Å². The molecule has 3 aromatic rings. The summed E-state index contributed by atoms with van der Waals surface area (Å²) >= 11 is 1.48. The summed E-state index contributed by atoms with van der Waals surface area (Å²) in [6, 6.07) is 9.83. The monoisotopic (exact) mass is 327 g/mol. The Balaban J connectivity index is 1.74. The van der Waals surface area contributed by atoms with Crippen LogP contribution < -0.4 is 5.32 Å². The van der Waals surface area contributed by atoms with Gasteiger partial charge in [0.05, 0.1) is 5.54 Å². The summed E-state index contributed by atoms with van der Waals surface area (Å²) in [4.78, 5) is 20.7. The average Bonchev–Trinajstić information content (AvgIpc) is 3.17. The molecule has 1 amide bonds. The van der Waals surface area contributed by atoms with Crippen molar-refractivity contribution in [2.75, 3.05) is 5.32 Å². The normalized spacial score (nSPS) is 11.4. The fourth-order valence-corrected chi connectivity index (χ4v) is 2.67. The molecule has 0 bridgehead atoms. The van der Waals surface area contributed by atoms with E-state index in [1.54, 1.807) is 16.4 Å². The molecule has 2 aromatic heterocycles. The number of thiazole rings is 1. The number of amides is 1. The van der Waals surface area contributed by atoms with Crippen molar-refractivity contribution in [1.82, 2.24) is 19.7 Å². The van der Waals surface area contributed by atoms with Gasteiger partial charge in [0.2, 0.25) is 5.82 Å². The molecule has 0 spiro atoms. The minimum absolute atomic E-state index is 0.134. The summed E-state index contributed by atoms with van der Waals surface area (Å²) in [5.74, 6) is 0.276. The van der Waals surface area contributed by atoms with E-state index >= 15 is 0 Å². The predicted octanol–water partition coefficient (Wildman–Crippen LogP) is 3.41. The number of rotatable bonds is 3. The van der Waals surface area contributed by atoms with Crippen LogP contribution in [0.15, 0.2) is 42.0 Å². The van der Waals surface area contributed by atoms with Gasteiger partial charge in [-0.15, -0.1) is 16.4 Å². The van der Waals surface area contributed by atoms with Crippen molar-refractivity contribution in [2.24, 2.45) is 0 Å². The van der Waals surface area contributed by atoms with E-state index in [9.17, 15) is 4.79 Å². The quantitative estimate of drug-likeness (QED) is 0.800. The van der Waals surface area contributed by atoms with Gasteiger partial charge in [-0.1, -0.05) is 30.3 Å². The molecule has 0 fully saturated rings. The number of nitrogens with zero attached hydrogens (tertiary/aromatic N) is 4. The number of nitrogens with one attached hydrogen (secondary N) is 1. The van der Waals surface area contributed by atoms with Gasteiger partial charge in [0.25, 0.3) is 5.91 Å². The van der Waals surface area contributed by atoms with Gasteiger partial charge in [-0.05, 0) is 20.8 Å². The first-order valence-corrected chi connectivity index (χ1v) is 8.06. The maximum absolute atomic E-state index is 12.2. The van der Waals surface area contributed by atoms with Crippen LogP contribution in [0.1, 0.15) is 31.4 Å². The lowest BCUT2D eigenvalue weighted by Crippen LogP contribution is -2.23. The molecule has 3 rings (SSSR count). The van der Waals surface area contributed by atoms with Gasteiger partial charge in [-0.2, -0.15) is 0 Å². The summed E-state index contributed by atoms with van der Waals surface area (Å²) in [6.45, 7) is 5.99. The summed E-state index contributed by atoms with van der Waals surface area (Å²) in [5.41, 5.74) is 0.806. The lowest BCUT2D eigenvalue weighted by atomic mass is 10.1. The third-order valence-corrected chi connectivity index (χ3v) is 4.04. The Morgan fingerprint density at radius 1 is 1.22 bits per heavy atom. The van der Waals surface area contributed by atoms with Crippen molar-refractivity contribution in [3.8, 4) is 10.6 Å². The van der Waals surface area contributed by atoms with Gasteiger partial charge in [0.15, 0.2) is 0 Å². The summed E-state index contributed by atoms with van der Waals surface area (Å²) in [6.07, 6.45) is 1.56. The number of hydrogen-bond donors (Lipinski definition) is 1. The fraction of sp³-hybridized carbons (Fsp3) is 0.250. The fourth-order valence-electron chi connectivity index (χ4n) is 1.91. The zero-order valence-electron chi connectivity index (χ0n) is 13.1. The van der Waals surface area contributed by atoms with Crippen LogP contribution in [-0.2, 0) is 5.54 Å². The highest BCUT2D eigenvalue weighted by atomic mass is 32.1. The van der Waals surface area contributed by atoms with Gasteiger partial charge in [0, 0.05) is 10.9 Å². The smallest absolute Gasteiger partial charge is 0.296 e. The first-order valence-electron chi connectivity index (χ1n) is 7.18. The number of carbonyl (C=O) groups is 1.